The van der Waals surface area contributed by atoms with Gasteiger partial charge in [0.2, 0.25) is 0 Å². The third-order valence-electron chi connectivity index (χ3n) is 5.81. The van der Waals surface area contributed by atoms with E-state index in [2.05, 4.69) is 31.9 Å². The van der Waals surface area contributed by atoms with Gasteiger partial charge in [-0.1, -0.05) is 12.1 Å². The summed E-state index contributed by atoms with van der Waals surface area (Å²) in [5, 5.41) is 26.3. The van der Waals surface area contributed by atoms with E-state index >= 15 is 0 Å². The maximum atomic E-state index is 12.9. The van der Waals surface area contributed by atoms with E-state index in [-0.39, 0.29) is 5.54 Å². The molecule has 0 saturated heterocycles. The molecule has 0 spiro atoms. The number of urea groups is 1. The summed E-state index contributed by atoms with van der Waals surface area (Å²) in [7, 11) is 0. The van der Waals surface area contributed by atoms with Crippen LogP contribution < -0.4 is 15.4 Å². The molecule has 0 aliphatic heterocycles. The molecule has 194 valence electrons. The molecule has 0 bridgehead atoms. The van der Waals surface area contributed by atoms with Crippen LogP contribution in [0.2, 0.25) is 0 Å². The van der Waals surface area contributed by atoms with Gasteiger partial charge in [0.05, 0.1) is 34.7 Å². The number of benzene rings is 2. The van der Waals surface area contributed by atoms with Crippen LogP contribution in [-0.2, 0) is 5.54 Å². The second-order valence-electron chi connectivity index (χ2n) is 9.77. The van der Waals surface area contributed by atoms with Gasteiger partial charge in [-0.25, -0.2) is 4.79 Å². The average molecular weight is 519 g/mol. The van der Waals surface area contributed by atoms with Gasteiger partial charge in [-0.2, -0.15) is 15.5 Å². The van der Waals surface area contributed by atoms with Crippen LogP contribution in [0.4, 0.5) is 16.2 Å². The summed E-state index contributed by atoms with van der Waals surface area (Å²) in [6, 6.07) is 19.4. The summed E-state index contributed by atoms with van der Waals surface area (Å²) >= 11 is 0. The predicted molar refractivity (Wildman–Crippen MR) is 148 cm³/mol. The standard InChI is InChI=1S/C29H26N8O2/c1-29(2,3)37-18-26(27(36-37)20-6-4-19(15-30)5-7-20)35-28(38)34-22-8-10-23(11-9-22)39-24-12-13-31-25(14-24)21-16-32-33-17-21/h4-14,16-18H,1-3H3,(H,32,33)(H2,34,35,38). The van der Waals surface area contributed by atoms with Crippen LogP contribution in [0.3, 0.4) is 0 Å². The Morgan fingerprint density at radius 2 is 1.77 bits per heavy atom. The maximum Gasteiger partial charge on any atom is 0.323 e. The molecule has 0 atom stereocenters. The summed E-state index contributed by atoms with van der Waals surface area (Å²) in [4.78, 5) is 17.2. The first-order valence-corrected chi connectivity index (χ1v) is 12.2. The molecule has 10 nitrogen and oxygen atoms in total. The molecule has 10 heteroatoms. The van der Waals surface area contributed by atoms with E-state index in [0.29, 0.717) is 34.1 Å². The van der Waals surface area contributed by atoms with Crippen molar-refractivity contribution in [3.63, 3.8) is 0 Å². The number of nitrogens with one attached hydrogen (secondary N) is 3. The Hall–Kier alpha value is -5.43. The largest absolute Gasteiger partial charge is 0.457 e. The fourth-order valence-electron chi connectivity index (χ4n) is 3.78. The third kappa shape index (κ3) is 5.94. The van der Waals surface area contributed by atoms with Gasteiger partial charge in [0.1, 0.15) is 17.2 Å². The number of hydrogen-bond donors (Lipinski definition) is 3. The van der Waals surface area contributed by atoms with Gasteiger partial charge in [0.25, 0.3) is 0 Å². The second-order valence-corrected chi connectivity index (χ2v) is 9.77. The van der Waals surface area contributed by atoms with E-state index in [1.165, 1.54) is 0 Å². The van der Waals surface area contributed by atoms with Gasteiger partial charge in [-0.3, -0.25) is 14.8 Å². The molecule has 0 unspecified atom stereocenters. The number of aromatic nitrogens is 5. The van der Waals surface area contributed by atoms with Crippen LogP contribution in [0.25, 0.3) is 22.5 Å². The lowest BCUT2D eigenvalue weighted by molar-refractivity contribution is 0.262. The number of anilines is 2. The fraction of sp³-hybridized carbons (Fsp3) is 0.138. The smallest absolute Gasteiger partial charge is 0.323 e. The number of aromatic amines is 1. The van der Waals surface area contributed by atoms with Crippen LogP contribution in [0, 0.1) is 11.3 Å². The summed E-state index contributed by atoms with van der Waals surface area (Å²) in [6.45, 7) is 6.08. The number of amides is 2. The number of ether oxygens (including phenoxy) is 1. The first kappa shape index (κ1) is 25.2. The highest BCUT2D eigenvalue weighted by molar-refractivity contribution is 6.01. The van der Waals surface area contributed by atoms with Crippen molar-refractivity contribution in [2.75, 3.05) is 10.6 Å². The number of carbonyl (C=O) groups is 1. The molecule has 0 fully saturated rings. The topological polar surface area (TPSA) is 134 Å². The van der Waals surface area contributed by atoms with Crippen molar-refractivity contribution in [3.05, 3.63) is 91.0 Å². The zero-order valence-electron chi connectivity index (χ0n) is 21.6. The number of nitrogens with zero attached hydrogens (tertiary/aromatic N) is 5. The molecule has 0 radical (unpaired) electrons. The molecule has 39 heavy (non-hydrogen) atoms. The molecule has 5 aromatic rings. The predicted octanol–water partition coefficient (Wildman–Crippen LogP) is 6.40. The minimum Gasteiger partial charge on any atom is -0.457 e. The second kappa shape index (κ2) is 10.5. The van der Waals surface area contributed by atoms with E-state index in [0.717, 1.165) is 16.8 Å². The Morgan fingerprint density at radius 3 is 2.44 bits per heavy atom. The molecule has 0 aliphatic carbocycles. The van der Waals surface area contributed by atoms with Crippen LogP contribution >= 0.6 is 0 Å². The van der Waals surface area contributed by atoms with Crippen molar-refractivity contribution < 1.29 is 9.53 Å². The number of pyridine rings is 1. The summed E-state index contributed by atoms with van der Waals surface area (Å²) < 4.78 is 7.76. The Labute approximate surface area is 225 Å². The minimum atomic E-state index is -0.411. The number of carbonyl (C=O) groups excluding carboxylic acids is 1. The molecule has 2 amide bonds. The fourth-order valence-corrected chi connectivity index (χ4v) is 3.78. The van der Waals surface area contributed by atoms with Crippen LogP contribution in [0.5, 0.6) is 11.5 Å². The lowest BCUT2D eigenvalue weighted by Gasteiger charge is -2.18. The molecule has 0 aliphatic rings. The maximum absolute atomic E-state index is 12.9. The monoisotopic (exact) mass is 518 g/mol. The van der Waals surface area contributed by atoms with Crippen molar-refractivity contribution in [3.8, 4) is 40.1 Å². The molecule has 3 N–H and O–H groups in total. The average Bonchev–Trinajstić information content (AvgIpc) is 3.61. The Morgan fingerprint density at radius 1 is 1.00 bits per heavy atom. The Kier molecular flexibility index (Phi) is 6.80. The normalized spacial score (nSPS) is 11.0. The Bertz CT molecular complexity index is 1620. The van der Waals surface area contributed by atoms with E-state index in [9.17, 15) is 4.79 Å². The van der Waals surface area contributed by atoms with Crippen molar-refractivity contribution >= 4 is 17.4 Å². The molecular weight excluding hydrogens is 492 g/mol. The molecule has 2 aromatic carbocycles. The highest BCUT2D eigenvalue weighted by Gasteiger charge is 2.20. The molecule has 0 saturated carbocycles. The zero-order chi connectivity index (χ0) is 27.4. The number of nitriles is 1. The van der Waals surface area contributed by atoms with Crippen LogP contribution in [0.15, 0.2) is 85.5 Å². The van der Waals surface area contributed by atoms with Gasteiger partial charge in [-0.05, 0) is 63.2 Å². The van der Waals surface area contributed by atoms with E-state index < -0.39 is 6.03 Å². The minimum absolute atomic E-state index is 0.290. The SMILES string of the molecule is CC(C)(C)n1cc(NC(=O)Nc2ccc(Oc3ccnc(-c4cn[nH]c4)c3)cc2)c(-c2ccc(C#N)cc2)n1. The van der Waals surface area contributed by atoms with Gasteiger partial charge < -0.3 is 15.4 Å². The van der Waals surface area contributed by atoms with Gasteiger partial charge in [0, 0.05) is 41.5 Å². The van der Waals surface area contributed by atoms with E-state index in [1.807, 2.05) is 39.0 Å². The molecular formula is C29H26N8O2. The van der Waals surface area contributed by atoms with Crippen molar-refractivity contribution in [2.24, 2.45) is 0 Å². The van der Waals surface area contributed by atoms with Gasteiger partial charge in [-0.15, -0.1) is 0 Å². The van der Waals surface area contributed by atoms with E-state index in [4.69, 9.17) is 15.1 Å². The zero-order valence-corrected chi connectivity index (χ0v) is 21.6. The Balaban J connectivity index is 1.28. The number of rotatable bonds is 6. The summed E-state index contributed by atoms with van der Waals surface area (Å²) in [6.07, 6.45) is 6.93. The lowest BCUT2D eigenvalue weighted by atomic mass is 10.1. The number of H-pyrrole nitrogens is 1. The number of hydrogen-bond acceptors (Lipinski definition) is 6. The lowest BCUT2D eigenvalue weighted by Crippen LogP contribution is -2.22. The van der Waals surface area contributed by atoms with Gasteiger partial charge >= 0.3 is 6.03 Å². The summed E-state index contributed by atoms with van der Waals surface area (Å²) in [5.74, 6) is 1.24. The third-order valence-corrected chi connectivity index (χ3v) is 5.81. The quantitative estimate of drug-likeness (QED) is 0.238. The highest BCUT2D eigenvalue weighted by atomic mass is 16.5. The molecule has 3 aromatic heterocycles. The van der Waals surface area contributed by atoms with Crippen molar-refractivity contribution in [2.45, 2.75) is 26.3 Å². The van der Waals surface area contributed by atoms with Crippen molar-refractivity contribution in [1.82, 2.24) is 25.0 Å². The summed E-state index contributed by atoms with van der Waals surface area (Å²) in [5.41, 5.74) is 4.42. The molecule has 5 rings (SSSR count). The highest BCUT2D eigenvalue weighted by Crippen LogP contribution is 2.30. The first-order valence-electron chi connectivity index (χ1n) is 12.2. The first-order chi connectivity index (χ1) is 18.8. The van der Waals surface area contributed by atoms with E-state index in [1.54, 1.807) is 71.9 Å². The molecule has 3 heterocycles. The van der Waals surface area contributed by atoms with Crippen LogP contribution in [0.1, 0.15) is 26.3 Å². The van der Waals surface area contributed by atoms with Gasteiger partial charge in [0.15, 0.2) is 0 Å². The van der Waals surface area contributed by atoms with Crippen LogP contribution in [-0.4, -0.2) is 31.0 Å². The van der Waals surface area contributed by atoms with Crippen molar-refractivity contribution in [1.29, 1.82) is 5.26 Å².